The van der Waals surface area contributed by atoms with Crippen LogP contribution in [-0.2, 0) is 4.74 Å². The lowest BCUT2D eigenvalue weighted by Crippen LogP contribution is -2.05. The Kier molecular flexibility index (Phi) is 3.26. The maximum atomic E-state index is 11.1. The van der Waals surface area contributed by atoms with Crippen molar-refractivity contribution in [2.75, 3.05) is 6.61 Å². The van der Waals surface area contributed by atoms with Crippen molar-refractivity contribution in [1.29, 1.82) is 0 Å². The highest BCUT2D eigenvalue weighted by atomic mass is 16.5. The first-order valence-electron chi connectivity index (χ1n) is 3.71. The summed E-state index contributed by atoms with van der Waals surface area (Å²) in [5, 5.41) is 0. The molecule has 1 radical (unpaired) electrons. The summed E-state index contributed by atoms with van der Waals surface area (Å²) in [6.45, 7) is 3.91. The topological polar surface area (TPSA) is 39.2 Å². The number of nitrogens with zero attached hydrogens (tertiary/aromatic N) is 1. The molecular formula is C9H10NO2. The summed E-state index contributed by atoms with van der Waals surface area (Å²) in [6.07, 6.45) is 3.68. The van der Waals surface area contributed by atoms with Gasteiger partial charge in [-0.3, -0.25) is 4.98 Å². The van der Waals surface area contributed by atoms with Crippen LogP contribution in [-0.4, -0.2) is 17.6 Å². The van der Waals surface area contributed by atoms with Gasteiger partial charge in [0.2, 0.25) is 0 Å². The van der Waals surface area contributed by atoms with Crippen molar-refractivity contribution in [2.24, 2.45) is 0 Å². The summed E-state index contributed by atoms with van der Waals surface area (Å²) in [5.74, 6) is -0.341. The standard InChI is InChI=1S/C9H10NO2/c1-2-6-12-9(11)8-4-3-5-10-7-8/h3-5,7H,1-2,6H2. The van der Waals surface area contributed by atoms with Crippen LogP contribution < -0.4 is 0 Å². The second-order valence-corrected chi connectivity index (χ2v) is 2.23. The van der Waals surface area contributed by atoms with E-state index in [1.807, 2.05) is 0 Å². The molecule has 0 aliphatic carbocycles. The van der Waals surface area contributed by atoms with E-state index in [9.17, 15) is 4.79 Å². The molecule has 0 atom stereocenters. The summed E-state index contributed by atoms with van der Waals surface area (Å²) < 4.78 is 4.84. The van der Waals surface area contributed by atoms with E-state index in [2.05, 4.69) is 11.9 Å². The van der Waals surface area contributed by atoms with Gasteiger partial charge in [-0.05, 0) is 25.5 Å². The number of pyridine rings is 1. The molecule has 3 heteroatoms. The molecule has 0 unspecified atom stereocenters. The van der Waals surface area contributed by atoms with Crippen LogP contribution in [0.4, 0.5) is 0 Å². The van der Waals surface area contributed by atoms with E-state index < -0.39 is 0 Å². The lowest BCUT2D eigenvalue weighted by molar-refractivity contribution is 0.0510. The predicted molar refractivity (Wildman–Crippen MR) is 44.5 cm³/mol. The van der Waals surface area contributed by atoms with Crippen molar-refractivity contribution < 1.29 is 9.53 Å². The number of hydrogen-bond donors (Lipinski definition) is 0. The second-order valence-electron chi connectivity index (χ2n) is 2.23. The fourth-order valence-corrected chi connectivity index (χ4v) is 0.732. The quantitative estimate of drug-likeness (QED) is 0.635. The maximum Gasteiger partial charge on any atom is 0.339 e. The van der Waals surface area contributed by atoms with Gasteiger partial charge in [0.25, 0.3) is 0 Å². The molecular weight excluding hydrogens is 154 g/mol. The Morgan fingerprint density at radius 2 is 2.50 bits per heavy atom. The molecule has 3 nitrogen and oxygen atoms in total. The Labute approximate surface area is 71.4 Å². The van der Waals surface area contributed by atoms with Gasteiger partial charge in [0.05, 0.1) is 12.2 Å². The molecule has 0 N–H and O–H groups in total. The van der Waals surface area contributed by atoms with Crippen molar-refractivity contribution in [3.8, 4) is 0 Å². The van der Waals surface area contributed by atoms with Crippen molar-refractivity contribution in [3.63, 3.8) is 0 Å². The maximum absolute atomic E-state index is 11.1. The first kappa shape index (κ1) is 8.71. The summed E-state index contributed by atoms with van der Waals surface area (Å²) in [6, 6.07) is 3.36. The molecule has 1 heterocycles. The molecule has 0 saturated carbocycles. The van der Waals surface area contributed by atoms with Crippen LogP contribution in [0.1, 0.15) is 16.8 Å². The Morgan fingerprint density at radius 1 is 1.67 bits per heavy atom. The van der Waals surface area contributed by atoms with Crippen LogP contribution in [0.3, 0.4) is 0 Å². The lowest BCUT2D eigenvalue weighted by Gasteiger charge is -2.00. The molecule has 0 bridgehead atoms. The minimum absolute atomic E-state index is 0.341. The van der Waals surface area contributed by atoms with E-state index in [1.54, 1.807) is 18.3 Å². The average Bonchev–Trinajstić information content (AvgIpc) is 2.15. The third-order valence-electron chi connectivity index (χ3n) is 1.27. The highest BCUT2D eigenvalue weighted by Gasteiger charge is 2.04. The van der Waals surface area contributed by atoms with E-state index in [4.69, 9.17) is 4.74 Å². The summed E-state index contributed by atoms with van der Waals surface area (Å²) in [5.41, 5.74) is 0.478. The van der Waals surface area contributed by atoms with E-state index in [1.165, 1.54) is 6.20 Å². The van der Waals surface area contributed by atoms with Gasteiger partial charge in [0, 0.05) is 12.4 Å². The summed E-state index contributed by atoms with van der Waals surface area (Å²) in [4.78, 5) is 14.9. The molecule has 63 valence electrons. The number of esters is 1. The first-order chi connectivity index (χ1) is 5.84. The molecule has 0 aliphatic heterocycles. The Morgan fingerprint density at radius 3 is 3.08 bits per heavy atom. The van der Waals surface area contributed by atoms with E-state index >= 15 is 0 Å². The van der Waals surface area contributed by atoms with Crippen LogP contribution in [0.15, 0.2) is 24.5 Å². The number of hydrogen-bond acceptors (Lipinski definition) is 3. The molecule has 0 amide bonds. The van der Waals surface area contributed by atoms with Gasteiger partial charge in [-0.15, -0.1) is 0 Å². The smallest absolute Gasteiger partial charge is 0.339 e. The number of ether oxygens (including phenoxy) is 1. The molecule has 12 heavy (non-hydrogen) atoms. The fourth-order valence-electron chi connectivity index (χ4n) is 0.732. The zero-order valence-electron chi connectivity index (χ0n) is 6.69. The normalized spacial score (nSPS) is 9.42. The van der Waals surface area contributed by atoms with Gasteiger partial charge in [0.15, 0.2) is 0 Å². The highest BCUT2D eigenvalue weighted by Crippen LogP contribution is 1.98. The highest BCUT2D eigenvalue weighted by molar-refractivity contribution is 5.88. The van der Waals surface area contributed by atoms with Crippen LogP contribution >= 0.6 is 0 Å². The second kappa shape index (κ2) is 4.49. The zero-order valence-corrected chi connectivity index (χ0v) is 6.69. The molecule has 0 saturated heterocycles. The minimum atomic E-state index is -0.341. The Balaban J connectivity index is 2.54. The van der Waals surface area contributed by atoms with E-state index in [0.717, 1.165) is 0 Å². The van der Waals surface area contributed by atoms with E-state index in [-0.39, 0.29) is 5.97 Å². The van der Waals surface area contributed by atoms with Crippen LogP contribution in [0, 0.1) is 6.92 Å². The largest absolute Gasteiger partial charge is 0.462 e. The molecule has 0 aromatic carbocycles. The molecule has 0 aliphatic rings. The first-order valence-corrected chi connectivity index (χ1v) is 3.71. The number of carbonyl (C=O) groups is 1. The molecule has 1 rings (SSSR count). The number of carbonyl (C=O) groups excluding carboxylic acids is 1. The van der Waals surface area contributed by atoms with Crippen molar-refractivity contribution in [2.45, 2.75) is 6.42 Å². The van der Waals surface area contributed by atoms with Gasteiger partial charge in [-0.2, -0.15) is 0 Å². The SMILES string of the molecule is [CH2]CCOC(=O)c1cccnc1. The van der Waals surface area contributed by atoms with Crippen LogP contribution in [0.5, 0.6) is 0 Å². The van der Waals surface area contributed by atoms with Crippen molar-refractivity contribution >= 4 is 5.97 Å². The molecule has 0 spiro atoms. The fraction of sp³-hybridized carbons (Fsp3) is 0.222. The average molecular weight is 164 g/mol. The van der Waals surface area contributed by atoms with Gasteiger partial charge in [0.1, 0.15) is 0 Å². The number of rotatable bonds is 3. The third-order valence-corrected chi connectivity index (χ3v) is 1.27. The summed E-state index contributed by atoms with van der Waals surface area (Å²) >= 11 is 0. The van der Waals surface area contributed by atoms with Gasteiger partial charge in [-0.1, -0.05) is 0 Å². The molecule has 0 fully saturated rings. The van der Waals surface area contributed by atoms with Gasteiger partial charge in [-0.25, -0.2) is 4.79 Å². The van der Waals surface area contributed by atoms with Crippen LogP contribution in [0.25, 0.3) is 0 Å². The Hall–Kier alpha value is -1.38. The summed E-state index contributed by atoms with van der Waals surface area (Å²) in [7, 11) is 0. The van der Waals surface area contributed by atoms with E-state index in [0.29, 0.717) is 18.6 Å². The monoisotopic (exact) mass is 164 g/mol. The lowest BCUT2D eigenvalue weighted by atomic mass is 10.3. The molecule has 1 aromatic rings. The van der Waals surface area contributed by atoms with Gasteiger partial charge >= 0.3 is 5.97 Å². The zero-order chi connectivity index (χ0) is 8.81. The van der Waals surface area contributed by atoms with Crippen molar-refractivity contribution in [3.05, 3.63) is 37.0 Å². The minimum Gasteiger partial charge on any atom is -0.462 e. The Bertz CT molecular complexity index is 246. The van der Waals surface area contributed by atoms with Crippen LogP contribution in [0.2, 0.25) is 0 Å². The van der Waals surface area contributed by atoms with Gasteiger partial charge < -0.3 is 4.74 Å². The number of aromatic nitrogens is 1. The third kappa shape index (κ3) is 2.34. The molecule has 1 aromatic heterocycles. The predicted octanol–water partition coefficient (Wildman–Crippen LogP) is 1.46. The van der Waals surface area contributed by atoms with Crippen molar-refractivity contribution in [1.82, 2.24) is 4.98 Å².